The first kappa shape index (κ1) is 18.2. The first-order valence-electron chi connectivity index (χ1n) is 9.32. The average molecular weight is 462 g/mol. The molecule has 0 atom stereocenters. The molecule has 1 heteroatoms. The third kappa shape index (κ3) is 3.41. The third-order valence-electron chi connectivity index (χ3n) is 5.46. The van der Waals surface area contributed by atoms with Crippen LogP contribution in [0.5, 0.6) is 0 Å². The zero-order chi connectivity index (χ0) is 19.0. The van der Waals surface area contributed by atoms with Crippen LogP contribution in [0.15, 0.2) is 84.9 Å². The minimum absolute atomic E-state index is 0.0250. The van der Waals surface area contributed by atoms with Crippen molar-refractivity contribution in [3.05, 3.63) is 105 Å². The van der Waals surface area contributed by atoms with Gasteiger partial charge in [0, 0.05) is 8.99 Å². The minimum atomic E-state index is 0.0250. The number of rotatable bonds is 1. The monoisotopic (exact) mass is 462 g/mol. The molecule has 0 heterocycles. The predicted octanol–water partition coefficient (Wildman–Crippen LogP) is 7.70. The summed E-state index contributed by atoms with van der Waals surface area (Å²) in [5.41, 5.74) is 9.36. The molecular formula is C26H23I. The van der Waals surface area contributed by atoms with Gasteiger partial charge in [0.2, 0.25) is 0 Å². The van der Waals surface area contributed by atoms with Gasteiger partial charge in [-0.1, -0.05) is 86.1 Å². The Balaban J connectivity index is 1.88. The maximum absolute atomic E-state index is 2.41. The zero-order valence-electron chi connectivity index (χ0n) is 16.0. The van der Waals surface area contributed by atoms with Crippen LogP contribution >= 0.6 is 22.6 Å². The molecule has 1 aliphatic carbocycles. The van der Waals surface area contributed by atoms with Gasteiger partial charge in [0.25, 0.3) is 0 Å². The van der Waals surface area contributed by atoms with Crippen LogP contribution in [0.1, 0.15) is 30.5 Å². The number of benzene rings is 2. The van der Waals surface area contributed by atoms with Crippen molar-refractivity contribution in [3.8, 4) is 22.3 Å². The van der Waals surface area contributed by atoms with Gasteiger partial charge in [-0.15, -0.1) is 0 Å². The molecular weight excluding hydrogens is 439 g/mol. The van der Waals surface area contributed by atoms with E-state index in [1.54, 1.807) is 0 Å². The maximum atomic E-state index is 2.41. The van der Waals surface area contributed by atoms with Crippen LogP contribution in [0, 0.1) is 10.5 Å². The molecule has 0 radical (unpaired) electrons. The molecule has 0 spiro atoms. The predicted molar refractivity (Wildman–Crippen MR) is 125 cm³/mol. The lowest BCUT2D eigenvalue weighted by Gasteiger charge is -2.22. The van der Waals surface area contributed by atoms with Gasteiger partial charge < -0.3 is 0 Å². The van der Waals surface area contributed by atoms with E-state index in [0.29, 0.717) is 0 Å². The Morgan fingerprint density at radius 3 is 2.07 bits per heavy atom. The highest BCUT2D eigenvalue weighted by molar-refractivity contribution is 14.1. The fourth-order valence-electron chi connectivity index (χ4n) is 3.93. The van der Waals surface area contributed by atoms with Gasteiger partial charge in [-0.2, -0.15) is 0 Å². The lowest BCUT2D eigenvalue weighted by atomic mass is 9.81. The summed E-state index contributed by atoms with van der Waals surface area (Å²) in [7, 11) is 0. The van der Waals surface area contributed by atoms with E-state index in [0.717, 1.165) is 0 Å². The number of fused-ring (bicyclic) bond motifs is 3. The minimum Gasteiger partial charge on any atom is -0.0622 e. The highest BCUT2D eigenvalue weighted by Crippen LogP contribution is 2.49. The van der Waals surface area contributed by atoms with E-state index in [1.165, 1.54) is 42.5 Å². The van der Waals surface area contributed by atoms with Crippen molar-refractivity contribution in [2.45, 2.75) is 26.2 Å². The average Bonchev–Trinajstić information content (AvgIpc) is 2.87. The highest BCUT2D eigenvalue weighted by atomic mass is 127. The fraction of sp³-hybridized carbons (Fsp3) is 0.154. The lowest BCUT2D eigenvalue weighted by molar-refractivity contribution is 0.660. The summed E-state index contributed by atoms with van der Waals surface area (Å²) in [6.45, 7) is 6.80. The molecule has 0 aromatic heterocycles. The SMILES string of the molecule is Cc1cccccc(-c2ccc3c(c2)C(C)(C)c2cc(I)ccc2-3)ccc1. The summed E-state index contributed by atoms with van der Waals surface area (Å²) in [6, 6.07) is 30.8. The van der Waals surface area contributed by atoms with Gasteiger partial charge in [-0.25, -0.2) is 0 Å². The Hall–Kier alpha value is -2.13. The van der Waals surface area contributed by atoms with Gasteiger partial charge in [0.1, 0.15) is 0 Å². The Kier molecular flexibility index (Phi) is 4.81. The molecule has 0 saturated heterocycles. The molecule has 0 nitrogen and oxygen atoms in total. The van der Waals surface area contributed by atoms with Gasteiger partial charge in [-0.3, -0.25) is 0 Å². The van der Waals surface area contributed by atoms with E-state index in [4.69, 9.17) is 0 Å². The van der Waals surface area contributed by atoms with Gasteiger partial charge >= 0.3 is 0 Å². The normalized spacial score (nSPS) is 13.5. The summed E-state index contributed by atoms with van der Waals surface area (Å²) >= 11 is 2.41. The maximum Gasteiger partial charge on any atom is 0.0159 e. The molecule has 0 amide bonds. The van der Waals surface area contributed by atoms with Crippen molar-refractivity contribution in [1.29, 1.82) is 0 Å². The second-order valence-electron chi connectivity index (χ2n) is 7.71. The molecule has 3 aromatic carbocycles. The molecule has 0 fully saturated rings. The van der Waals surface area contributed by atoms with Crippen LogP contribution in [0.3, 0.4) is 0 Å². The first-order valence-corrected chi connectivity index (χ1v) is 10.4. The van der Waals surface area contributed by atoms with E-state index in [1.807, 2.05) is 0 Å². The summed E-state index contributed by atoms with van der Waals surface area (Å²) in [4.78, 5) is 0. The van der Waals surface area contributed by atoms with Crippen molar-refractivity contribution in [1.82, 2.24) is 0 Å². The van der Waals surface area contributed by atoms with Gasteiger partial charge in [-0.05, 0) is 81.1 Å². The van der Waals surface area contributed by atoms with Crippen molar-refractivity contribution in [2.75, 3.05) is 0 Å². The second-order valence-corrected chi connectivity index (χ2v) is 8.96. The van der Waals surface area contributed by atoms with Crippen LogP contribution in [-0.4, -0.2) is 0 Å². The quantitative estimate of drug-likeness (QED) is 0.325. The smallest absolute Gasteiger partial charge is 0.0159 e. The van der Waals surface area contributed by atoms with Crippen molar-refractivity contribution in [2.24, 2.45) is 0 Å². The Morgan fingerprint density at radius 2 is 1.26 bits per heavy atom. The van der Waals surface area contributed by atoms with Crippen LogP contribution < -0.4 is 0 Å². The first-order chi connectivity index (χ1) is 13.0. The molecule has 0 unspecified atom stereocenters. The Labute approximate surface area is 175 Å². The molecule has 0 saturated carbocycles. The van der Waals surface area contributed by atoms with Gasteiger partial charge in [0.15, 0.2) is 0 Å². The van der Waals surface area contributed by atoms with Crippen molar-refractivity contribution in [3.63, 3.8) is 0 Å². The molecule has 3 aromatic rings. The Morgan fingerprint density at radius 1 is 0.630 bits per heavy atom. The molecule has 4 rings (SSSR count). The topological polar surface area (TPSA) is 0 Å². The summed E-state index contributed by atoms with van der Waals surface area (Å²) in [5, 5.41) is 0. The van der Waals surface area contributed by atoms with Crippen molar-refractivity contribution >= 4 is 22.6 Å². The van der Waals surface area contributed by atoms with Crippen LogP contribution in [0.25, 0.3) is 22.3 Å². The fourth-order valence-corrected chi connectivity index (χ4v) is 4.42. The lowest BCUT2D eigenvalue weighted by Crippen LogP contribution is -2.15. The van der Waals surface area contributed by atoms with E-state index in [-0.39, 0.29) is 5.41 Å². The third-order valence-corrected chi connectivity index (χ3v) is 6.13. The standard InChI is InChI=1S/C26H23I/c1-18-8-5-4-6-10-19(11-7-9-18)20-12-14-22-23-15-13-21(27)17-25(23)26(2,3)24(22)16-20/h4-17H,1-3H3. The molecule has 134 valence electrons. The van der Waals surface area contributed by atoms with Crippen LogP contribution in [-0.2, 0) is 5.41 Å². The number of aryl methyl sites for hydroxylation is 1. The van der Waals surface area contributed by atoms with E-state index in [9.17, 15) is 0 Å². The second kappa shape index (κ2) is 7.12. The number of halogens is 1. The van der Waals surface area contributed by atoms with Crippen molar-refractivity contribution < 1.29 is 0 Å². The van der Waals surface area contributed by atoms with E-state index in [2.05, 4.69) is 128 Å². The molecule has 0 N–H and O–H groups in total. The zero-order valence-corrected chi connectivity index (χ0v) is 18.1. The summed E-state index contributed by atoms with van der Waals surface area (Å²) < 4.78 is 1.30. The van der Waals surface area contributed by atoms with E-state index >= 15 is 0 Å². The van der Waals surface area contributed by atoms with Crippen LogP contribution in [0.2, 0.25) is 0 Å². The molecule has 0 bridgehead atoms. The van der Waals surface area contributed by atoms with Gasteiger partial charge in [0.05, 0.1) is 0 Å². The van der Waals surface area contributed by atoms with Crippen LogP contribution in [0.4, 0.5) is 0 Å². The number of hydrogen-bond acceptors (Lipinski definition) is 0. The Bertz CT molecular complexity index is 1070. The molecule has 27 heavy (non-hydrogen) atoms. The molecule has 1 aliphatic rings. The highest BCUT2D eigenvalue weighted by Gasteiger charge is 2.35. The summed E-state index contributed by atoms with van der Waals surface area (Å²) in [5.74, 6) is 0. The summed E-state index contributed by atoms with van der Waals surface area (Å²) in [6.07, 6.45) is 0. The number of hydrogen-bond donors (Lipinski definition) is 0. The van der Waals surface area contributed by atoms with E-state index < -0.39 is 0 Å². The largest absolute Gasteiger partial charge is 0.0622 e. The molecule has 0 aliphatic heterocycles.